The number of hydrogen-bond donors (Lipinski definition) is 1. The van der Waals surface area contributed by atoms with Crippen molar-refractivity contribution in [3.63, 3.8) is 0 Å². The molecule has 0 spiro atoms. The van der Waals surface area contributed by atoms with E-state index >= 15 is 0 Å². The van der Waals surface area contributed by atoms with E-state index in [0.29, 0.717) is 25.7 Å². The van der Waals surface area contributed by atoms with Crippen LogP contribution >= 0.6 is 0 Å². The van der Waals surface area contributed by atoms with Crippen LogP contribution in [0.25, 0.3) is 10.8 Å². The van der Waals surface area contributed by atoms with Gasteiger partial charge in [-0.15, -0.1) is 0 Å². The maximum atomic E-state index is 13.0. The van der Waals surface area contributed by atoms with E-state index < -0.39 is 0 Å². The van der Waals surface area contributed by atoms with Crippen molar-refractivity contribution < 1.29 is 14.3 Å². The highest BCUT2D eigenvalue weighted by molar-refractivity contribution is 5.88. The largest absolute Gasteiger partial charge is 0.497 e. The second-order valence-corrected chi connectivity index (χ2v) is 8.14. The molecule has 2 aliphatic rings. The van der Waals surface area contributed by atoms with Crippen molar-refractivity contribution in [3.05, 3.63) is 42.0 Å². The highest BCUT2D eigenvalue weighted by atomic mass is 16.5. The number of carbonyl (C=O) groups excluding carboxylic acids is 2. The quantitative estimate of drug-likeness (QED) is 0.816. The SMILES string of the molecule is COc1ccc2cc([C@@H](C)C(=O)N3CCN(CC(=O)NC4CC4)CC3)ccc2c1. The summed E-state index contributed by atoms with van der Waals surface area (Å²) < 4.78 is 5.28. The Morgan fingerprint density at radius 2 is 1.76 bits per heavy atom. The van der Waals surface area contributed by atoms with E-state index in [1.165, 1.54) is 0 Å². The first-order valence-electron chi connectivity index (χ1n) is 10.4. The number of benzene rings is 2. The van der Waals surface area contributed by atoms with E-state index in [9.17, 15) is 9.59 Å². The molecule has 4 rings (SSSR count). The summed E-state index contributed by atoms with van der Waals surface area (Å²) >= 11 is 0. The van der Waals surface area contributed by atoms with E-state index in [0.717, 1.165) is 48.0 Å². The minimum atomic E-state index is -0.189. The van der Waals surface area contributed by atoms with Crippen LogP contribution < -0.4 is 10.1 Å². The zero-order chi connectivity index (χ0) is 20.4. The van der Waals surface area contributed by atoms with Gasteiger partial charge in [0.2, 0.25) is 11.8 Å². The molecule has 1 atom stereocenters. The van der Waals surface area contributed by atoms with E-state index in [4.69, 9.17) is 4.74 Å². The van der Waals surface area contributed by atoms with Crippen molar-refractivity contribution >= 4 is 22.6 Å². The van der Waals surface area contributed by atoms with Crippen molar-refractivity contribution in [1.82, 2.24) is 15.1 Å². The Kier molecular flexibility index (Phi) is 5.72. The predicted octanol–water partition coefficient (Wildman–Crippen LogP) is 2.37. The maximum absolute atomic E-state index is 13.0. The van der Waals surface area contributed by atoms with E-state index in [1.807, 2.05) is 42.2 Å². The van der Waals surface area contributed by atoms with Gasteiger partial charge in [0.15, 0.2) is 0 Å². The van der Waals surface area contributed by atoms with Gasteiger partial charge in [0.05, 0.1) is 19.6 Å². The number of nitrogens with one attached hydrogen (secondary N) is 1. The van der Waals surface area contributed by atoms with Gasteiger partial charge in [-0.1, -0.05) is 24.3 Å². The molecule has 1 aliphatic heterocycles. The lowest BCUT2D eigenvalue weighted by Crippen LogP contribution is -2.52. The van der Waals surface area contributed by atoms with Crippen molar-refractivity contribution in [2.45, 2.75) is 31.7 Å². The van der Waals surface area contributed by atoms with Crippen molar-refractivity contribution in [3.8, 4) is 5.75 Å². The summed E-state index contributed by atoms with van der Waals surface area (Å²) in [5.74, 6) is 0.901. The molecule has 2 fully saturated rings. The third kappa shape index (κ3) is 4.70. The zero-order valence-corrected chi connectivity index (χ0v) is 17.2. The summed E-state index contributed by atoms with van der Waals surface area (Å²) in [6, 6.07) is 12.5. The Morgan fingerprint density at radius 3 is 2.45 bits per heavy atom. The first kappa shape index (κ1) is 19.7. The summed E-state index contributed by atoms with van der Waals surface area (Å²) in [6.07, 6.45) is 2.21. The molecule has 154 valence electrons. The molecular formula is C23H29N3O3. The lowest BCUT2D eigenvalue weighted by Gasteiger charge is -2.35. The molecule has 2 aromatic rings. The first-order valence-corrected chi connectivity index (χ1v) is 10.4. The number of piperazine rings is 1. The highest BCUT2D eigenvalue weighted by Gasteiger charge is 2.28. The monoisotopic (exact) mass is 395 g/mol. The predicted molar refractivity (Wildman–Crippen MR) is 113 cm³/mol. The van der Waals surface area contributed by atoms with Gasteiger partial charge in [-0.05, 0) is 48.2 Å². The third-order valence-electron chi connectivity index (χ3n) is 5.94. The smallest absolute Gasteiger partial charge is 0.234 e. The van der Waals surface area contributed by atoms with Crippen LogP contribution in [-0.4, -0.2) is 67.5 Å². The molecule has 1 aliphatic carbocycles. The van der Waals surface area contributed by atoms with Crippen LogP contribution in [0.1, 0.15) is 31.2 Å². The molecule has 1 saturated heterocycles. The van der Waals surface area contributed by atoms with Gasteiger partial charge < -0.3 is 15.0 Å². The topological polar surface area (TPSA) is 61.9 Å². The molecule has 1 heterocycles. The van der Waals surface area contributed by atoms with Crippen LogP contribution in [0.4, 0.5) is 0 Å². The van der Waals surface area contributed by atoms with Gasteiger partial charge >= 0.3 is 0 Å². The molecule has 0 aromatic heterocycles. The first-order chi connectivity index (χ1) is 14.0. The Hall–Kier alpha value is -2.60. The molecule has 1 N–H and O–H groups in total. The van der Waals surface area contributed by atoms with E-state index in [2.05, 4.69) is 16.3 Å². The second kappa shape index (κ2) is 8.41. The number of nitrogens with zero attached hydrogens (tertiary/aromatic N) is 2. The summed E-state index contributed by atoms with van der Waals surface area (Å²) in [6.45, 7) is 5.24. The van der Waals surface area contributed by atoms with Gasteiger partial charge in [0, 0.05) is 32.2 Å². The fraction of sp³-hybridized carbons (Fsp3) is 0.478. The van der Waals surface area contributed by atoms with E-state index in [-0.39, 0.29) is 17.7 Å². The summed E-state index contributed by atoms with van der Waals surface area (Å²) in [5.41, 5.74) is 1.03. The number of ether oxygens (including phenoxy) is 1. The Labute approximate surface area is 171 Å². The lowest BCUT2D eigenvalue weighted by molar-refractivity contribution is -0.134. The van der Waals surface area contributed by atoms with Crippen LogP contribution in [0.3, 0.4) is 0 Å². The molecule has 6 nitrogen and oxygen atoms in total. The summed E-state index contributed by atoms with van der Waals surface area (Å²) in [5, 5.41) is 5.24. The minimum absolute atomic E-state index is 0.105. The summed E-state index contributed by atoms with van der Waals surface area (Å²) in [7, 11) is 1.66. The number of hydrogen-bond acceptors (Lipinski definition) is 4. The highest BCUT2D eigenvalue weighted by Crippen LogP contribution is 2.26. The van der Waals surface area contributed by atoms with Crippen LogP contribution in [0.2, 0.25) is 0 Å². The minimum Gasteiger partial charge on any atom is -0.497 e. The van der Waals surface area contributed by atoms with Crippen molar-refractivity contribution in [2.24, 2.45) is 0 Å². The number of carbonyl (C=O) groups is 2. The van der Waals surface area contributed by atoms with E-state index in [1.54, 1.807) is 7.11 Å². The van der Waals surface area contributed by atoms with Crippen molar-refractivity contribution in [1.29, 1.82) is 0 Å². The Morgan fingerprint density at radius 1 is 1.07 bits per heavy atom. The molecule has 0 bridgehead atoms. The normalized spacial score (nSPS) is 18.5. The second-order valence-electron chi connectivity index (χ2n) is 8.14. The Bertz CT molecular complexity index is 901. The fourth-order valence-corrected chi connectivity index (χ4v) is 3.89. The van der Waals surface area contributed by atoms with Crippen molar-refractivity contribution in [2.75, 3.05) is 39.8 Å². The van der Waals surface area contributed by atoms with Crippen LogP contribution in [-0.2, 0) is 9.59 Å². The molecule has 0 unspecified atom stereocenters. The molecule has 6 heteroatoms. The van der Waals surface area contributed by atoms with Gasteiger partial charge in [0.25, 0.3) is 0 Å². The van der Waals surface area contributed by atoms with Gasteiger partial charge in [-0.3, -0.25) is 14.5 Å². The van der Waals surface area contributed by atoms with Crippen LogP contribution in [0.5, 0.6) is 5.75 Å². The molecule has 1 saturated carbocycles. The molecule has 0 radical (unpaired) electrons. The van der Waals surface area contributed by atoms with Crippen LogP contribution in [0.15, 0.2) is 36.4 Å². The summed E-state index contributed by atoms with van der Waals surface area (Å²) in [4.78, 5) is 29.1. The van der Waals surface area contributed by atoms with Gasteiger partial charge in [-0.25, -0.2) is 0 Å². The molecule has 2 aromatic carbocycles. The molecular weight excluding hydrogens is 366 g/mol. The van der Waals surface area contributed by atoms with Gasteiger partial charge in [0.1, 0.15) is 5.75 Å². The average Bonchev–Trinajstić information content (AvgIpc) is 3.56. The number of amides is 2. The zero-order valence-electron chi connectivity index (χ0n) is 17.2. The Balaban J connectivity index is 1.34. The van der Waals surface area contributed by atoms with Gasteiger partial charge in [-0.2, -0.15) is 0 Å². The number of rotatable bonds is 6. The average molecular weight is 396 g/mol. The maximum Gasteiger partial charge on any atom is 0.234 e. The third-order valence-corrected chi connectivity index (χ3v) is 5.94. The van der Waals surface area contributed by atoms with Crippen LogP contribution in [0, 0.1) is 0 Å². The molecule has 2 amide bonds. The lowest BCUT2D eigenvalue weighted by atomic mass is 9.96. The standard InChI is InChI=1S/C23H29N3O3/c1-16(17-3-4-19-14-21(29-2)8-5-18(19)13-17)23(28)26-11-9-25(10-12-26)15-22(27)24-20-6-7-20/h3-5,8,13-14,16,20H,6-7,9-12,15H2,1-2H3,(H,24,27)/t16-/m1/s1. The fourth-order valence-electron chi connectivity index (χ4n) is 3.89. The number of methoxy groups -OCH3 is 1. The number of fused-ring (bicyclic) bond motifs is 1. The molecule has 29 heavy (non-hydrogen) atoms.